The number of methoxy groups -OCH3 is 1. The van der Waals surface area contributed by atoms with Crippen LogP contribution in [0.4, 0.5) is 0 Å². The van der Waals surface area contributed by atoms with Gasteiger partial charge in [-0.15, -0.1) is 5.10 Å². The summed E-state index contributed by atoms with van der Waals surface area (Å²) in [5.74, 6) is 0.739. The molecule has 3 aromatic carbocycles. The Labute approximate surface area is 155 Å². The zero-order valence-corrected chi connectivity index (χ0v) is 14.6. The van der Waals surface area contributed by atoms with Crippen molar-refractivity contribution in [2.75, 3.05) is 7.11 Å². The van der Waals surface area contributed by atoms with Gasteiger partial charge in [-0.25, -0.2) is 4.68 Å². The highest BCUT2D eigenvalue weighted by Crippen LogP contribution is 2.22. The van der Waals surface area contributed by atoms with Crippen LogP contribution in [-0.4, -0.2) is 33.1 Å². The molecule has 0 atom stereocenters. The summed E-state index contributed by atoms with van der Waals surface area (Å²) >= 11 is 0. The second-order valence-corrected chi connectivity index (χ2v) is 5.97. The molecule has 0 aliphatic carbocycles. The third-order valence-corrected chi connectivity index (χ3v) is 4.24. The highest BCUT2D eigenvalue weighted by molar-refractivity contribution is 6.07. The minimum Gasteiger partial charge on any atom is -0.497 e. The summed E-state index contributed by atoms with van der Waals surface area (Å²) in [7, 11) is 1.65. The van der Waals surface area contributed by atoms with Gasteiger partial charge in [0.05, 0.1) is 12.8 Å². The summed E-state index contributed by atoms with van der Waals surface area (Å²) in [6.07, 6.45) is 4.88. The Hall–Kier alpha value is -3.80. The first-order valence-electron chi connectivity index (χ1n) is 8.36. The van der Waals surface area contributed by atoms with Gasteiger partial charge in [0.25, 0.3) is 0 Å². The Morgan fingerprint density at radius 2 is 1.89 bits per heavy atom. The third-order valence-electron chi connectivity index (χ3n) is 4.24. The molecule has 0 saturated carbocycles. The Bertz CT molecular complexity index is 1130. The van der Waals surface area contributed by atoms with Gasteiger partial charge in [0.2, 0.25) is 0 Å². The van der Waals surface area contributed by atoms with Crippen molar-refractivity contribution in [3.8, 4) is 11.4 Å². The van der Waals surface area contributed by atoms with Crippen LogP contribution in [0.2, 0.25) is 0 Å². The SMILES string of the molecule is COc1ccc2cc(/C=C/C(=O)c3cccc(-n4cnnn4)c3)ccc2c1. The lowest BCUT2D eigenvalue weighted by Gasteiger charge is -2.04. The topological polar surface area (TPSA) is 69.9 Å². The van der Waals surface area contributed by atoms with E-state index in [-0.39, 0.29) is 5.78 Å². The molecule has 0 radical (unpaired) electrons. The molecule has 6 nitrogen and oxygen atoms in total. The number of nitrogens with zero attached hydrogens (tertiary/aromatic N) is 4. The second-order valence-electron chi connectivity index (χ2n) is 5.97. The maximum atomic E-state index is 12.5. The third kappa shape index (κ3) is 3.59. The highest BCUT2D eigenvalue weighted by Gasteiger charge is 2.05. The van der Waals surface area contributed by atoms with Gasteiger partial charge in [-0.3, -0.25) is 4.79 Å². The Morgan fingerprint density at radius 1 is 1.04 bits per heavy atom. The molecule has 1 aromatic heterocycles. The average molecular weight is 356 g/mol. The van der Waals surface area contributed by atoms with Gasteiger partial charge in [0.1, 0.15) is 12.1 Å². The minimum atomic E-state index is -0.0836. The molecule has 4 aromatic rings. The number of benzene rings is 3. The fraction of sp³-hybridized carbons (Fsp3) is 0.0476. The normalized spacial score (nSPS) is 11.1. The predicted octanol–water partition coefficient (Wildman–Crippen LogP) is 3.72. The number of ether oxygens (including phenoxy) is 1. The van der Waals surface area contributed by atoms with E-state index in [1.807, 2.05) is 54.6 Å². The molecule has 0 unspecified atom stereocenters. The smallest absolute Gasteiger partial charge is 0.185 e. The summed E-state index contributed by atoms with van der Waals surface area (Å²) in [5.41, 5.74) is 2.27. The van der Waals surface area contributed by atoms with Crippen molar-refractivity contribution in [2.45, 2.75) is 0 Å². The largest absolute Gasteiger partial charge is 0.497 e. The number of carbonyl (C=O) groups is 1. The van der Waals surface area contributed by atoms with Crippen LogP contribution >= 0.6 is 0 Å². The van der Waals surface area contributed by atoms with Gasteiger partial charge in [-0.2, -0.15) is 0 Å². The van der Waals surface area contributed by atoms with Crippen LogP contribution in [0.5, 0.6) is 5.75 Å². The van der Waals surface area contributed by atoms with Crippen LogP contribution < -0.4 is 4.74 Å². The summed E-state index contributed by atoms with van der Waals surface area (Å²) in [5, 5.41) is 13.2. The first-order chi connectivity index (χ1) is 13.2. The first kappa shape index (κ1) is 16.7. The lowest BCUT2D eigenvalue weighted by atomic mass is 10.0. The zero-order valence-electron chi connectivity index (χ0n) is 14.6. The number of fused-ring (bicyclic) bond motifs is 1. The van der Waals surface area contributed by atoms with E-state index in [4.69, 9.17) is 4.74 Å². The minimum absolute atomic E-state index is 0.0836. The molecular weight excluding hydrogens is 340 g/mol. The number of tetrazole rings is 1. The molecule has 132 valence electrons. The van der Waals surface area contributed by atoms with Gasteiger partial charge >= 0.3 is 0 Å². The molecule has 0 saturated heterocycles. The number of rotatable bonds is 5. The molecule has 0 N–H and O–H groups in total. The summed E-state index contributed by atoms with van der Waals surface area (Å²) in [6.45, 7) is 0. The maximum Gasteiger partial charge on any atom is 0.185 e. The summed E-state index contributed by atoms with van der Waals surface area (Å²) in [4.78, 5) is 12.5. The van der Waals surface area contributed by atoms with Gasteiger partial charge < -0.3 is 4.74 Å². The van der Waals surface area contributed by atoms with Crippen LogP contribution in [0.1, 0.15) is 15.9 Å². The number of hydrogen-bond donors (Lipinski definition) is 0. The van der Waals surface area contributed by atoms with E-state index in [2.05, 4.69) is 15.5 Å². The zero-order chi connectivity index (χ0) is 18.6. The van der Waals surface area contributed by atoms with Gasteiger partial charge in [0, 0.05) is 5.56 Å². The lowest BCUT2D eigenvalue weighted by Crippen LogP contribution is -1.99. The van der Waals surface area contributed by atoms with E-state index in [1.165, 1.54) is 11.0 Å². The number of aromatic nitrogens is 4. The summed E-state index contributed by atoms with van der Waals surface area (Å²) in [6, 6.07) is 19.1. The fourth-order valence-corrected chi connectivity index (χ4v) is 2.82. The van der Waals surface area contributed by atoms with Crippen molar-refractivity contribution < 1.29 is 9.53 Å². The van der Waals surface area contributed by atoms with Gasteiger partial charge in [0.15, 0.2) is 5.78 Å². The molecular formula is C21H16N4O2. The van der Waals surface area contributed by atoms with Crippen LogP contribution in [-0.2, 0) is 0 Å². The summed E-state index contributed by atoms with van der Waals surface area (Å²) < 4.78 is 6.76. The van der Waals surface area contributed by atoms with Crippen molar-refractivity contribution in [3.63, 3.8) is 0 Å². The predicted molar refractivity (Wildman–Crippen MR) is 103 cm³/mol. The molecule has 0 spiro atoms. The second kappa shape index (κ2) is 7.21. The van der Waals surface area contributed by atoms with E-state index >= 15 is 0 Å². The van der Waals surface area contributed by atoms with Gasteiger partial charge in [-0.05, 0) is 63.2 Å². The van der Waals surface area contributed by atoms with Crippen molar-refractivity contribution in [3.05, 3.63) is 84.2 Å². The molecule has 1 heterocycles. The van der Waals surface area contributed by atoms with Crippen LogP contribution in [0.15, 0.2) is 73.1 Å². The molecule has 4 rings (SSSR count). The van der Waals surface area contributed by atoms with Crippen molar-refractivity contribution in [2.24, 2.45) is 0 Å². The van der Waals surface area contributed by atoms with E-state index < -0.39 is 0 Å². The first-order valence-corrected chi connectivity index (χ1v) is 8.36. The monoisotopic (exact) mass is 356 g/mol. The number of allylic oxidation sites excluding steroid dienone is 1. The van der Waals surface area contributed by atoms with Crippen LogP contribution in [0.3, 0.4) is 0 Å². The molecule has 0 bridgehead atoms. The standard InChI is InChI=1S/C21H16N4O2/c1-27-20-9-8-16-11-15(5-7-17(16)13-20)6-10-21(26)18-3-2-4-19(12-18)25-14-22-23-24-25/h2-14H,1H3/b10-6+. The van der Waals surface area contributed by atoms with Crippen LogP contribution in [0.25, 0.3) is 22.5 Å². The quantitative estimate of drug-likeness (QED) is 0.403. The fourth-order valence-electron chi connectivity index (χ4n) is 2.82. The molecule has 0 aliphatic heterocycles. The molecule has 6 heteroatoms. The lowest BCUT2D eigenvalue weighted by molar-refractivity contribution is 0.104. The molecule has 0 aliphatic rings. The maximum absolute atomic E-state index is 12.5. The molecule has 0 fully saturated rings. The number of hydrogen-bond acceptors (Lipinski definition) is 5. The van der Waals surface area contributed by atoms with Gasteiger partial charge in [-0.1, -0.05) is 36.4 Å². The average Bonchev–Trinajstić information content (AvgIpc) is 3.26. The van der Waals surface area contributed by atoms with E-state index in [0.29, 0.717) is 5.56 Å². The molecule has 0 amide bonds. The van der Waals surface area contributed by atoms with Crippen molar-refractivity contribution in [1.82, 2.24) is 20.2 Å². The highest BCUT2D eigenvalue weighted by atomic mass is 16.5. The number of ketones is 1. The Kier molecular flexibility index (Phi) is 4.45. The van der Waals surface area contributed by atoms with E-state index in [1.54, 1.807) is 25.3 Å². The number of carbonyl (C=O) groups excluding carboxylic acids is 1. The van der Waals surface area contributed by atoms with E-state index in [9.17, 15) is 4.79 Å². The van der Waals surface area contributed by atoms with E-state index in [0.717, 1.165) is 27.8 Å². The van der Waals surface area contributed by atoms with Crippen molar-refractivity contribution >= 4 is 22.6 Å². The van der Waals surface area contributed by atoms with Crippen LogP contribution in [0, 0.1) is 0 Å². The Balaban J connectivity index is 1.56. The Morgan fingerprint density at radius 3 is 2.70 bits per heavy atom. The van der Waals surface area contributed by atoms with Crippen molar-refractivity contribution in [1.29, 1.82) is 0 Å². The molecule has 27 heavy (non-hydrogen) atoms.